The van der Waals surface area contributed by atoms with Crippen molar-refractivity contribution in [2.45, 2.75) is 39.5 Å². The number of hydrogen-bond acceptors (Lipinski definition) is 3. The number of rotatable bonds is 5. The molecule has 0 unspecified atom stereocenters. The molecule has 0 spiro atoms. The molecule has 2 rings (SSSR count). The van der Waals surface area contributed by atoms with Crippen LogP contribution in [0.1, 0.15) is 42.6 Å². The molecule has 1 heterocycles. The van der Waals surface area contributed by atoms with Crippen LogP contribution in [0.4, 0.5) is 0 Å². The second kappa shape index (κ2) is 6.43. The van der Waals surface area contributed by atoms with Crippen molar-refractivity contribution in [2.75, 3.05) is 13.2 Å². The van der Waals surface area contributed by atoms with Crippen molar-refractivity contribution in [3.05, 3.63) is 23.0 Å². The predicted octanol–water partition coefficient (Wildman–Crippen LogP) is 1.72. The summed E-state index contributed by atoms with van der Waals surface area (Å²) in [4.78, 5) is 12.0. The van der Waals surface area contributed by atoms with E-state index >= 15 is 0 Å². The lowest BCUT2D eigenvalue weighted by Crippen LogP contribution is -2.37. The number of amides is 1. The average molecular weight is 291 g/mol. The van der Waals surface area contributed by atoms with Gasteiger partial charge in [-0.3, -0.25) is 9.48 Å². The maximum Gasteiger partial charge on any atom is 0.244 e. The Bertz CT molecular complexity index is 540. The number of aryl methyl sites for hydroxylation is 2. The normalized spacial score (nSPS) is 17.5. The number of aliphatic hydroxyl groups is 1. The fourth-order valence-corrected chi connectivity index (χ4v) is 3.04. The fraction of sp³-hybridized carbons (Fsp3) is 0.625. The van der Waals surface area contributed by atoms with Gasteiger partial charge >= 0.3 is 0 Å². The summed E-state index contributed by atoms with van der Waals surface area (Å²) in [6, 6.07) is 0. The van der Waals surface area contributed by atoms with E-state index in [-0.39, 0.29) is 17.9 Å². The number of carbonyl (C=O) groups is 1. The second-order valence-electron chi connectivity index (χ2n) is 6.12. The second-order valence-corrected chi connectivity index (χ2v) is 6.12. The van der Waals surface area contributed by atoms with Crippen LogP contribution >= 0.6 is 0 Å². The Hall–Kier alpha value is -1.62. The first-order valence-corrected chi connectivity index (χ1v) is 7.54. The molecule has 21 heavy (non-hydrogen) atoms. The summed E-state index contributed by atoms with van der Waals surface area (Å²) < 4.78 is 1.81. The molecular weight excluding hydrogens is 266 g/mol. The van der Waals surface area contributed by atoms with Gasteiger partial charge in [0.05, 0.1) is 12.3 Å². The lowest BCUT2D eigenvalue weighted by Gasteiger charge is -2.26. The molecule has 1 fully saturated rings. The first-order chi connectivity index (χ1) is 9.97. The van der Waals surface area contributed by atoms with Gasteiger partial charge in [-0.25, -0.2) is 0 Å². The molecule has 1 aliphatic rings. The average Bonchev–Trinajstić information content (AvgIpc) is 3.02. The Labute approximate surface area is 126 Å². The summed E-state index contributed by atoms with van der Waals surface area (Å²) in [6.07, 6.45) is 7.63. The highest BCUT2D eigenvalue weighted by atomic mass is 16.3. The maximum atomic E-state index is 12.0. The third kappa shape index (κ3) is 3.53. The van der Waals surface area contributed by atoms with Crippen molar-refractivity contribution >= 4 is 12.0 Å². The van der Waals surface area contributed by atoms with E-state index in [1.165, 1.54) is 0 Å². The third-order valence-corrected chi connectivity index (χ3v) is 4.60. The molecule has 0 atom stereocenters. The van der Waals surface area contributed by atoms with Gasteiger partial charge in [-0.15, -0.1) is 0 Å². The standard InChI is InChI=1S/C16H25N3O2/c1-12-14(13(2)19(3)18-12)6-7-15(21)17-10-16(11-20)8-4-5-9-16/h6-7,20H,4-5,8-11H2,1-3H3,(H,17,21)/b7-6+. The Kier molecular flexibility index (Phi) is 4.83. The highest BCUT2D eigenvalue weighted by Gasteiger charge is 2.33. The van der Waals surface area contributed by atoms with Gasteiger partial charge in [0, 0.05) is 36.3 Å². The third-order valence-electron chi connectivity index (χ3n) is 4.60. The van der Waals surface area contributed by atoms with Crippen molar-refractivity contribution in [2.24, 2.45) is 12.5 Å². The molecule has 116 valence electrons. The molecule has 1 saturated carbocycles. The Morgan fingerprint density at radius 3 is 2.62 bits per heavy atom. The SMILES string of the molecule is Cc1nn(C)c(C)c1/C=C/C(=O)NCC1(CO)CCCC1. The van der Waals surface area contributed by atoms with Crippen LogP contribution in [0.15, 0.2) is 6.08 Å². The quantitative estimate of drug-likeness (QED) is 0.812. The van der Waals surface area contributed by atoms with Crippen LogP contribution in [0.2, 0.25) is 0 Å². The van der Waals surface area contributed by atoms with E-state index < -0.39 is 0 Å². The van der Waals surface area contributed by atoms with Crippen LogP contribution in [0, 0.1) is 19.3 Å². The van der Waals surface area contributed by atoms with Gasteiger partial charge in [0.1, 0.15) is 0 Å². The van der Waals surface area contributed by atoms with Crippen LogP contribution < -0.4 is 5.32 Å². The van der Waals surface area contributed by atoms with Crippen molar-refractivity contribution < 1.29 is 9.90 Å². The van der Waals surface area contributed by atoms with Gasteiger partial charge in [-0.05, 0) is 32.8 Å². The minimum absolute atomic E-state index is 0.108. The first kappa shape index (κ1) is 15.8. The predicted molar refractivity (Wildman–Crippen MR) is 82.7 cm³/mol. The molecule has 1 aromatic heterocycles. The van der Waals surface area contributed by atoms with E-state index in [4.69, 9.17) is 0 Å². The van der Waals surface area contributed by atoms with Gasteiger partial charge in [0.2, 0.25) is 5.91 Å². The molecule has 0 bridgehead atoms. The number of carbonyl (C=O) groups excluding carboxylic acids is 1. The zero-order chi connectivity index (χ0) is 15.5. The largest absolute Gasteiger partial charge is 0.396 e. The fourth-order valence-electron chi connectivity index (χ4n) is 3.04. The van der Waals surface area contributed by atoms with E-state index in [1.54, 1.807) is 6.08 Å². The molecule has 5 nitrogen and oxygen atoms in total. The highest BCUT2D eigenvalue weighted by Crippen LogP contribution is 2.36. The molecular formula is C16H25N3O2. The zero-order valence-electron chi connectivity index (χ0n) is 13.1. The number of aliphatic hydroxyl groups excluding tert-OH is 1. The molecule has 0 radical (unpaired) electrons. The summed E-state index contributed by atoms with van der Waals surface area (Å²) in [5.41, 5.74) is 2.84. The first-order valence-electron chi connectivity index (χ1n) is 7.54. The van der Waals surface area contributed by atoms with E-state index in [0.29, 0.717) is 6.54 Å². The van der Waals surface area contributed by atoms with E-state index in [0.717, 1.165) is 42.6 Å². The molecule has 0 aliphatic heterocycles. The lowest BCUT2D eigenvalue weighted by molar-refractivity contribution is -0.117. The van der Waals surface area contributed by atoms with Gasteiger partial charge in [0.15, 0.2) is 0 Å². The number of nitrogens with one attached hydrogen (secondary N) is 1. The van der Waals surface area contributed by atoms with Crippen molar-refractivity contribution in [1.82, 2.24) is 15.1 Å². The van der Waals surface area contributed by atoms with Crippen molar-refractivity contribution in [1.29, 1.82) is 0 Å². The number of nitrogens with zero attached hydrogens (tertiary/aromatic N) is 2. The number of hydrogen-bond donors (Lipinski definition) is 2. The molecule has 5 heteroatoms. The summed E-state index contributed by atoms with van der Waals surface area (Å²) in [5, 5.41) is 16.8. The summed E-state index contributed by atoms with van der Waals surface area (Å²) in [5.74, 6) is -0.114. The summed E-state index contributed by atoms with van der Waals surface area (Å²) >= 11 is 0. The molecule has 1 amide bonds. The Balaban J connectivity index is 1.94. The topological polar surface area (TPSA) is 67.2 Å². The summed E-state index contributed by atoms with van der Waals surface area (Å²) in [7, 11) is 1.89. The minimum Gasteiger partial charge on any atom is -0.396 e. The van der Waals surface area contributed by atoms with Crippen LogP contribution in [-0.2, 0) is 11.8 Å². The Morgan fingerprint density at radius 2 is 2.10 bits per heavy atom. The van der Waals surface area contributed by atoms with Gasteiger partial charge < -0.3 is 10.4 Å². The van der Waals surface area contributed by atoms with Crippen LogP contribution in [0.25, 0.3) is 6.08 Å². The van der Waals surface area contributed by atoms with E-state index in [1.807, 2.05) is 31.7 Å². The van der Waals surface area contributed by atoms with Gasteiger partial charge in [0.25, 0.3) is 0 Å². The monoisotopic (exact) mass is 291 g/mol. The molecule has 1 aromatic rings. The zero-order valence-corrected chi connectivity index (χ0v) is 13.1. The molecule has 1 aliphatic carbocycles. The minimum atomic E-state index is -0.114. The molecule has 2 N–H and O–H groups in total. The molecule has 0 aromatic carbocycles. The van der Waals surface area contributed by atoms with Crippen molar-refractivity contribution in [3.63, 3.8) is 0 Å². The summed E-state index contributed by atoms with van der Waals surface area (Å²) in [6.45, 7) is 4.62. The van der Waals surface area contributed by atoms with Crippen molar-refractivity contribution in [3.8, 4) is 0 Å². The highest BCUT2D eigenvalue weighted by molar-refractivity contribution is 5.92. The smallest absolute Gasteiger partial charge is 0.244 e. The van der Waals surface area contributed by atoms with Gasteiger partial charge in [-0.1, -0.05) is 12.8 Å². The van der Waals surface area contributed by atoms with E-state index in [2.05, 4.69) is 10.4 Å². The number of aromatic nitrogens is 2. The maximum absolute atomic E-state index is 12.0. The molecule has 0 saturated heterocycles. The van der Waals surface area contributed by atoms with Crippen LogP contribution in [0.3, 0.4) is 0 Å². The van der Waals surface area contributed by atoms with Crippen LogP contribution in [0.5, 0.6) is 0 Å². The van der Waals surface area contributed by atoms with Crippen LogP contribution in [-0.4, -0.2) is 33.9 Å². The Morgan fingerprint density at radius 1 is 1.43 bits per heavy atom. The van der Waals surface area contributed by atoms with E-state index in [9.17, 15) is 9.90 Å². The lowest BCUT2D eigenvalue weighted by atomic mass is 9.87. The van der Waals surface area contributed by atoms with Gasteiger partial charge in [-0.2, -0.15) is 5.10 Å².